The lowest BCUT2D eigenvalue weighted by molar-refractivity contribution is 0.0598. The van der Waals surface area contributed by atoms with Crippen molar-refractivity contribution in [1.29, 1.82) is 0 Å². The van der Waals surface area contributed by atoms with Crippen LogP contribution in [0.2, 0.25) is 0 Å². The van der Waals surface area contributed by atoms with Crippen LogP contribution in [0.3, 0.4) is 0 Å². The number of amides is 2. The van der Waals surface area contributed by atoms with Crippen molar-refractivity contribution >= 4 is 6.03 Å². The van der Waals surface area contributed by atoms with Crippen molar-refractivity contribution in [3.05, 3.63) is 24.2 Å². The molecule has 0 radical (unpaired) electrons. The molecule has 102 valence electrons. The summed E-state index contributed by atoms with van der Waals surface area (Å²) in [5.41, 5.74) is 0. The van der Waals surface area contributed by atoms with E-state index in [1.165, 1.54) is 7.11 Å². The van der Waals surface area contributed by atoms with Crippen LogP contribution in [0.1, 0.15) is 25.1 Å². The molecule has 2 atom stereocenters. The fourth-order valence-electron chi connectivity index (χ4n) is 1.48. The molecule has 2 amide bonds. The van der Waals surface area contributed by atoms with Gasteiger partial charge >= 0.3 is 6.03 Å². The molecule has 0 saturated heterocycles. The minimum absolute atomic E-state index is 0.191. The van der Waals surface area contributed by atoms with Crippen molar-refractivity contribution < 1.29 is 19.1 Å². The Hall–Kier alpha value is -1.53. The number of carbonyl (C=O) groups excluding carboxylic acids is 1. The predicted octanol–water partition coefficient (Wildman–Crippen LogP) is 1.04. The van der Waals surface area contributed by atoms with E-state index in [9.17, 15) is 9.90 Å². The predicted molar refractivity (Wildman–Crippen MR) is 66.2 cm³/mol. The van der Waals surface area contributed by atoms with E-state index in [4.69, 9.17) is 9.15 Å². The molecule has 2 unspecified atom stereocenters. The fourth-order valence-corrected chi connectivity index (χ4v) is 1.48. The Morgan fingerprint density at radius 3 is 3.00 bits per heavy atom. The van der Waals surface area contributed by atoms with Gasteiger partial charge in [-0.25, -0.2) is 4.79 Å². The van der Waals surface area contributed by atoms with Gasteiger partial charge in [-0.3, -0.25) is 0 Å². The van der Waals surface area contributed by atoms with Crippen molar-refractivity contribution in [2.75, 3.05) is 20.3 Å². The second kappa shape index (κ2) is 7.73. The Morgan fingerprint density at radius 2 is 2.39 bits per heavy atom. The normalized spacial score (nSPS) is 13.9. The third-order valence-electron chi connectivity index (χ3n) is 2.44. The van der Waals surface area contributed by atoms with Crippen molar-refractivity contribution in [3.63, 3.8) is 0 Å². The maximum atomic E-state index is 11.5. The molecule has 3 N–H and O–H groups in total. The summed E-state index contributed by atoms with van der Waals surface area (Å²) in [5, 5.41) is 14.8. The van der Waals surface area contributed by atoms with Gasteiger partial charge in [-0.1, -0.05) is 0 Å². The highest BCUT2D eigenvalue weighted by Gasteiger charge is 2.11. The van der Waals surface area contributed by atoms with Crippen LogP contribution in [-0.4, -0.2) is 37.5 Å². The fraction of sp³-hybridized carbons (Fsp3) is 0.583. The van der Waals surface area contributed by atoms with Gasteiger partial charge in [0.2, 0.25) is 0 Å². The molecule has 0 aliphatic rings. The number of hydrogen-bond donors (Lipinski definition) is 3. The number of methoxy groups -OCH3 is 1. The minimum Gasteiger partial charge on any atom is -0.467 e. The Bertz CT molecular complexity index is 340. The van der Waals surface area contributed by atoms with E-state index in [-0.39, 0.29) is 18.7 Å². The first-order valence-electron chi connectivity index (χ1n) is 5.88. The quantitative estimate of drug-likeness (QED) is 0.680. The van der Waals surface area contributed by atoms with Crippen molar-refractivity contribution in [2.45, 2.75) is 25.5 Å². The average Bonchev–Trinajstić information content (AvgIpc) is 2.82. The smallest absolute Gasteiger partial charge is 0.315 e. The number of ether oxygens (including phenoxy) is 1. The molecule has 1 heterocycles. The molecule has 0 aliphatic carbocycles. The standard InChI is InChI=1S/C12H20N2O4/c1-9(11-4-3-7-18-11)14-12(16)13-6-5-10(15)8-17-2/h3-4,7,9-10,15H,5-6,8H2,1-2H3,(H2,13,14,16). The van der Waals surface area contributed by atoms with Gasteiger partial charge in [-0.05, 0) is 25.5 Å². The third-order valence-corrected chi connectivity index (χ3v) is 2.44. The second-order valence-corrected chi connectivity index (χ2v) is 4.04. The van der Waals surface area contributed by atoms with Crippen molar-refractivity contribution in [2.24, 2.45) is 0 Å². The monoisotopic (exact) mass is 256 g/mol. The number of rotatable bonds is 7. The second-order valence-electron chi connectivity index (χ2n) is 4.04. The summed E-state index contributed by atoms with van der Waals surface area (Å²) >= 11 is 0. The molecule has 1 aromatic heterocycles. The van der Waals surface area contributed by atoms with Crippen LogP contribution >= 0.6 is 0 Å². The lowest BCUT2D eigenvalue weighted by atomic mass is 10.2. The molecule has 0 aromatic carbocycles. The van der Waals surface area contributed by atoms with Crippen LogP contribution in [0.4, 0.5) is 4.79 Å². The topological polar surface area (TPSA) is 83.7 Å². The molecule has 0 saturated carbocycles. The van der Waals surface area contributed by atoms with E-state index in [1.54, 1.807) is 18.4 Å². The first-order valence-corrected chi connectivity index (χ1v) is 5.88. The Labute approximate surface area is 106 Å². The Morgan fingerprint density at radius 1 is 1.61 bits per heavy atom. The van der Waals surface area contributed by atoms with Gasteiger partial charge in [0.1, 0.15) is 5.76 Å². The highest BCUT2D eigenvalue weighted by atomic mass is 16.5. The highest BCUT2D eigenvalue weighted by molar-refractivity contribution is 5.74. The maximum absolute atomic E-state index is 11.5. The SMILES string of the molecule is COCC(O)CCNC(=O)NC(C)c1ccco1. The number of aliphatic hydroxyl groups excluding tert-OH is 1. The first kappa shape index (κ1) is 14.5. The third kappa shape index (κ3) is 5.20. The van der Waals surface area contributed by atoms with E-state index < -0.39 is 6.10 Å². The molecule has 18 heavy (non-hydrogen) atoms. The molecule has 0 spiro atoms. The summed E-state index contributed by atoms with van der Waals surface area (Å²) in [4.78, 5) is 11.5. The van der Waals surface area contributed by atoms with Gasteiger partial charge in [-0.2, -0.15) is 0 Å². The van der Waals surface area contributed by atoms with Gasteiger partial charge < -0.3 is 24.9 Å². The van der Waals surface area contributed by atoms with Gasteiger partial charge in [0.25, 0.3) is 0 Å². The summed E-state index contributed by atoms with van der Waals surface area (Å²) in [5.74, 6) is 0.699. The molecule has 0 aliphatic heterocycles. The molecule has 0 fully saturated rings. The van der Waals surface area contributed by atoms with E-state index >= 15 is 0 Å². The first-order chi connectivity index (χ1) is 8.63. The lowest BCUT2D eigenvalue weighted by Gasteiger charge is -2.13. The zero-order valence-electron chi connectivity index (χ0n) is 10.7. The van der Waals surface area contributed by atoms with Crippen molar-refractivity contribution in [1.82, 2.24) is 10.6 Å². The van der Waals surface area contributed by atoms with E-state index in [2.05, 4.69) is 10.6 Å². The zero-order valence-corrected chi connectivity index (χ0v) is 10.7. The molecule has 6 nitrogen and oxygen atoms in total. The van der Waals surface area contributed by atoms with Crippen molar-refractivity contribution in [3.8, 4) is 0 Å². The van der Waals surface area contributed by atoms with Crippen LogP contribution in [0.5, 0.6) is 0 Å². The zero-order chi connectivity index (χ0) is 13.4. The van der Waals surface area contributed by atoms with Gasteiger partial charge in [-0.15, -0.1) is 0 Å². The maximum Gasteiger partial charge on any atom is 0.315 e. The largest absolute Gasteiger partial charge is 0.467 e. The summed E-state index contributed by atoms with van der Waals surface area (Å²) in [6.45, 7) is 2.49. The average molecular weight is 256 g/mol. The summed E-state index contributed by atoms with van der Waals surface area (Å²) in [6, 6.07) is 3.09. The van der Waals surface area contributed by atoms with Gasteiger partial charge in [0, 0.05) is 13.7 Å². The van der Waals surface area contributed by atoms with Crippen LogP contribution in [0, 0.1) is 0 Å². The molecule has 1 rings (SSSR count). The molecule has 1 aromatic rings. The van der Waals surface area contributed by atoms with Gasteiger partial charge in [0.05, 0.1) is 25.0 Å². The van der Waals surface area contributed by atoms with Gasteiger partial charge in [0.15, 0.2) is 0 Å². The number of carbonyl (C=O) groups is 1. The molecular formula is C12H20N2O4. The minimum atomic E-state index is -0.558. The van der Waals surface area contributed by atoms with Crippen LogP contribution in [0.25, 0.3) is 0 Å². The lowest BCUT2D eigenvalue weighted by Crippen LogP contribution is -2.38. The van der Waals surface area contributed by atoms with E-state index in [1.807, 2.05) is 6.92 Å². The number of aliphatic hydroxyl groups is 1. The van der Waals surface area contributed by atoms with E-state index in [0.717, 1.165) is 0 Å². The molecule has 6 heteroatoms. The van der Waals surface area contributed by atoms with Crippen LogP contribution in [0.15, 0.2) is 22.8 Å². The number of furan rings is 1. The molecular weight excluding hydrogens is 236 g/mol. The number of hydrogen-bond acceptors (Lipinski definition) is 4. The summed E-state index contributed by atoms with van der Waals surface area (Å²) < 4.78 is 9.96. The van der Waals surface area contributed by atoms with Crippen LogP contribution in [-0.2, 0) is 4.74 Å². The molecule has 0 bridgehead atoms. The Balaban J connectivity index is 2.18. The Kier molecular flexibility index (Phi) is 6.24. The number of nitrogens with one attached hydrogen (secondary N) is 2. The summed E-state index contributed by atoms with van der Waals surface area (Å²) in [7, 11) is 1.52. The number of urea groups is 1. The highest BCUT2D eigenvalue weighted by Crippen LogP contribution is 2.11. The summed E-state index contributed by atoms with van der Waals surface area (Å²) in [6.07, 6.45) is 1.46. The van der Waals surface area contributed by atoms with Crippen LogP contribution < -0.4 is 10.6 Å². The van der Waals surface area contributed by atoms with E-state index in [0.29, 0.717) is 18.7 Å².